The largest absolute Gasteiger partial charge is 0.508 e. The Hall–Kier alpha value is -1.07. The van der Waals surface area contributed by atoms with Crippen LogP contribution in [0.5, 0.6) is 5.75 Å². The van der Waals surface area contributed by atoms with Gasteiger partial charge in [0.15, 0.2) is 0 Å². The van der Waals surface area contributed by atoms with Crippen LogP contribution in [0.1, 0.15) is 32.6 Å². The van der Waals surface area contributed by atoms with Gasteiger partial charge in [-0.05, 0) is 43.0 Å². The normalized spacial score (nSPS) is 18.6. The van der Waals surface area contributed by atoms with Crippen LogP contribution in [0.25, 0.3) is 0 Å². The molecule has 1 aromatic carbocycles. The molecular formula is C14H21NO3S. The molecular weight excluding hydrogens is 262 g/mol. The lowest BCUT2D eigenvalue weighted by molar-refractivity contribution is 0.262. The summed E-state index contributed by atoms with van der Waals surface area (Å²) in [5.74, 6) is 0.747. The molecule has 4 nitrogen and oxygen atoms in total. The summed E-state index contributed by atoms with van der Waals surface area (Å²) >= 11 is 0. The minimum Gasteiger partial charge on any atom is -0.508 e. The van der Waals surface area contributed by atoms with Gasteiger partial charge in [0, 0.05) is 13.1 Å². The van der Waals surface area contributed by atoms with E-state index >= 15 is 0 Å². The Morgan fingerprint density at radius 2 is 1.79 bits per heavy atom. The van der Waals surface area contributed by atoms with Crippen LogP contribution in [0, 0.1) is 5.92 Å². The maximum absolute atomic E-state index is 12.4. The van der Waals surface area contributed by atoms with Gasteiger partial charge < -0.3 is 5.11 Å². The molecule has 1 N–H and O–H groups in total. The molecule has 19 heavy (non-hydrogen) atoms. The van der Waals surface area contributed by atoms with E-state index in [1.807, 2.05) is 0 Å². The number of hydrogen-bond acceptors (Lipinski definition) is 3. The Morgan fingerprint density at radius 1 is 1.21 bits per heavy atom. The Bertz CT molecular complexity index is 502. The zero-order valence-corrected chi connectivity index (χ0v) is 12.1. The summed E-state index contributed by atoms with van der Waals surface area (Å²) in [6.45, 7) is 3.38. The van der Waals surface area contributed by atoms with Gasteiger partial charge in [-0.25, -0.2) is 8.42 Å². The van der Waals surface area contributed by atoms with E-state index in [1.54, 1.807) is 4.31 Å². The van der Waals surface area contributed by atoms with Crippen molar-refractivity contribution < 1.29 is 13.5 Å². The second-order valence-electron chi connectivity index (χ2n) is 5.13. The number of hydrogen-bond donors (Lipinski definition) is 1. The summed E-state index contributed by atoms with van der Waals surface area (Å²) in [4.78, 5) is 0.263. The highest BCUT2D eigenvalue weighted by molar-refractivity contribution is 7.89. The molecule has 0 atom stereocenters. The minimum absolute atomic E-state index is 0.0839. The molecule has 5 heteroatoms. The van der Waals surface area contributed by atoms with Crippen LogP contribution in [-0.2, 0) is 10.0 Å². The van der Waals surface area contributed by atoms with Crippen molar-refractivity contribution in [2.45, 2.75) is 37.5 Å². The van der Waals surface area contributed by atoms with Gasteiger partial charge in [-0.2, -0.15) is 4.31 Å². The summed E-state index contributed by atoms with van der Waals surface area (Å²) in [6, 6.07) is 5.75. The summed E-state index contributed by atoms with van der Waals surface area (Å²) in [5, 5.41) is 9.22. The van der Waals surface area contributed by atoms with E-state index in [4.69, 9.17) is 0 Å². The fraction of sp³-hybridized carbons (Fsp3) is 0.571. The van der Waals surface area contributed by atoms with Crippen molar-refractivity contribution in [2.24, 2.45) is 5.92 Å². The molecule has 1 aliphatic heterocycles. The average molecular weight is 283 g/mol. The molecule has 0 radical (unpaired) electrons. The number of benzene rings is 1. The number of nitrogens with zero attached hydrogens (tertiary/aromatic N) is 1. The van der Waals surface area contributed by atoms with Crippen LogP contribution < -0.4 is 0 Å². The van der Waals surface area contributed by atoms with Gasteiger partial charge in [-0.3, -0.25) is 0 Å². The van der Waals surface area contributed by atoms with E-state index < -0.39 is 10.0 Å². The van der Waals surface area contributed by atoms with Crippen molar-refractivity contribution in [2.75, 3.05) is 13.1 Å². The molecule has 1 saturated heterocycles. The number of phenols is 1. The summed E-state index contributed by atoms with van der Waals surface area (Å²) < 4.78 is 26.4. The molecule has 0 aliphatic carbocycles. The number of sulfonamides is 1. The molecule has 0 spiro atoms. The van der Waals surface area contributed by atoms with Crippen molar-refractivity contribution in [1.29, 1.82) is 0 Å². The molecule has 1 aromatic rings. The van der Waals surface area contributed by atoms with Crippen LogP contribution >= 0.6 is 0 Å². The third-order valence-electron chi connectivity index (χ3n) is 3.74. The van der Waals surface area contributed by atoms with E-state index in [9.17, 15) is 13.5 Å². The first kappa shape index (κ1) is 14.3. The van der Waals surface area contributed by atoms with Gasteiger partial charge in [0.1, 0.15) is 5.75 Å². The number of phenolic OH excluding ortho intramolecular Hbond substituents is 1. The predicted molar refractivity (Wildman–Crippen MR) is 74.5 cm³/mol. The molecule has 0 aromatic heterocycles. The van der Waals surface area contributed by atoms with Crippen LogP contribution in [0.15, 0.2) is 29.2 Å². The van der Waals surface area contributed by atoms with E-state index in [-0.39, 0.29) is 10.6 Å². The zero-order chi connectivity index (χ0) is 13.9. The molecule has 2 rings (SSSR count). The third-order valence-corrected chi connectivity index (χ3v) is 5.66. The monoisotopic (exact) mass is 283 g/mol. The summed E-state index contributed by atoms with van der Waals surface area (Å²) in [7, 11) is -3.39. The second-order valence-corrected chi connectivity index (χ2v) is 7.07. The first-order valence-electron chi connectivity index (χ1n) is 6.83. The Balaban J connectivity index is 2.07. The molecule has 1 aliphatic rings. The van der Waals surface area contributed by atoms with Gasteiger partial charge in [0.25, 0.3) is 0 Å². The van der Waals surface area contributed by atoms with Crippen LogP contribution in [0.4, 0.5) is 0 Å². The topological polar surface area (TPSA) is 57.6 Å². The molecule has 0 unspecified atom stereocenters. The maximum Gasteiger partial charge on any atom is 0.243 e. The Kier molecular flexibility index (Phi) is 4.47. The standard InChI is InChI=1S/C14H21NO3S/c1-2-3-12-8-10-15(11-9-12)19(17,18)14-6-4-13(16)5-7-14/h4-7,12,16H,2-3,8-11H2,1H3. The van der Waals surface area contributed by atoms with E-state index in [2.05, 4.69) is 6.92 Å². The fourth-order valence-corrected chi connectivity index (χ4v) is 4.08. The third kappa shape index (κ3) is 3.28. The highest BCUT2D eigenvalue weighted by atomic mass is 32.2. The van der Waals surface area contributed by atoms with Crippen molar-refractivity contribution >= 4 is 10.0 Å². The molecule has 0 saturated carbocycles. The van der Waals surface area contributed by atoms with Gasteiger partial charge in [0.2, 0.25) is 10.0 Å². The number of piperidine rings is 1. The molecule has 0 amide bonds. The lowest BCUT2D eigenvalue weighted by Gasteiger charge is -2.31. The fourth-order valence-electron chi connectivity index (χ4n) is 2.61. The lowest BCUT2D eigenvalue weighted by atomic mass is 9.94. The first-order chi connectivity index (χ1) is 9.04. The predicted octanol–water partition coefficient (Wildman–Crippen LogP) is 2.59. The quantitative estimate of drug-likeness (QED) is 0.924. The van der Waals surface area contributed by atoms with Gasteiger partial charge in [-0.1, -0.05) is 19.8 Å². The molecule has 106 valence electrons. The van der Waals surface area contributed by atoms with Gasteiger partial charge in [0.05, 0.1) is 4.90 Å². The molecule has 1 heterocycles. The van der Waals surface area contributed by atoms with Crippen LogP contribution in [0.2, 0.25) is 0 Å². The molecule has 0 bridgehead atoms. The van der Waals surface area contributed by atoms with Crippen LogP contribution in [0.3, 0.4) is 0 Å². The number of aromatic hydroxyl groups is 1. The van der Waals surface area contributed by atoms with Crippen molar-refractivity contribution in [1.82, 2.24) is 4.31 Å². The second kappa shape index (κ2) is 5.92. The zero-order valence-electron chi connectivity index (χ0n) is 11.2. The van der Waals surface area contributed by atoms with Crippen molar-refractivity contribution in [3.05, 3.63) is 24.3 Å². The smallest absolute Gasteiger partial charge is 0.243 e. The van der Waals surface area contributed by atoms with Gasteiger partial charge >= 0.3 is 0 Å². The minimum atomic E-state index is -3.39. The van der Waals surface area contributed by atoms with Crippen LogP contribution in [-0.4, -0.2) is 30.9 Å². The lowest BCUT2D eigenvalue weighted by Crippen LogP contribution is -2.38. The van der Waals surface area contributed by atoms with E-state index in [0.29, 0.717) is 19.0 Å². The first-order valence-corrected chi connectivity index (χ1v) is 8.27. The highest BCUT2D eigenvalue weighted by Crippen LogP contribution is 2.26. The summed E-state index contributed by atoms with van der Waals surface area (Å²) in [5.41, 5.74) is 0. The van der Waals surface area contributed by atoms with Gasteiger partial charge in [-0.15, -0.1) is 0 Å². The summed E-state index contributed by atoms with van der Waals surface area (Å²) in [6.07, 6.45) is 4.25. The average Bonchev–Trinajstić information content (AvgIpc) is 2.40. The number of rotatable bonds is 4. The Labute approximate surface area is 115 Å². The molecule has 1 fully saturated rings. The van der Waals surface area contributed by atoms with Crippen molar-refractivity contribution in [3.8, 4) is 5.75 Å². The van der Waals surface area contributed by atoms with Crippen molar-refractivity contribution in [3.63, 3.8) is 0 Å². The maximum atomic E-state index is 12.4. The van der Waals surface area contributed by atoms with E-state index in [0.717, 1.165) is 19.3 Å². The highest BCUT2D eigenvalue weighted by Gasteiger charge is 2.28. The Morgan fingerprint density at radius 3 is 2.32 bits per heavy atom. The SMILES string of the molecule is CCCC1CCN(S(=O)(=O)c2ccc(O)cc2)CC1. The van der Waals surface area contributed by atoms with E-state index in [1.165, 1.54) is 30.7 Å².